The zero-order valence-electron chi connectivity index (χ0n) is 11.1. The molecule has 1 aliphatic rings. The van der Waals surface area contributed by atoms with E-state index in [1.165, 1.54) is 4.90 Å². The van der Waals surface area contributed by atoms with Crippen molar-refractivity contribution in [2.75, 3.05) is 17.6 Å². The molecule has 0 spiro atoms. The van der Waals surface area contributed by atoms with Gasteiger partial charge in [-0.25, -0.2) is 0 Å². The second-order valence-corrected chi connectivity index (χ2v) is 4.71. The lowest BCUT2D eigenvalue weighted by molar-refractivity contribution is -0.148. The van der Waals surface area contributed by atoms with Gasteiger partial charge < -0.3 is 11.1 Å². The molecule has 20 heavy (non-hydrogen) atoms. The molecule has 1 heterocycles. The van der Waals surface area contributed by atoms with Crippen LogP contribution in [0.4, 0.5) is 11.4 Å². The Balaban J connectivity index is 1.84. The fourth-order valence-corrected chi connectivity index (χ4v) is 2.05. The van der Waals surface area contributed by atoms with Gasteiger partial charge in [0.05, 0.1) is 0 Å². The van der Waals surface area contributed by atoms with Crippen LogP contribution < -0.4 is 11.1 Å². The summed E-state index contributed by atoms with van der Waals surface area (Å²) in [5, 5.41) is 2.69. The number of likely N-dealkylation sites (tertiary alicyclic amines) is 1. The molecule has 0 unspecified atom stereocenters. The summed E-state index contributed by atoms with van der Waals surface area (Å²) in [7, 11) is 0. The number of anilines is 2. The first kappa shape index (κ1) is 14.0. The first-order valence-electron chi connectivity index (χ1n) is 6.55. The molecule has 6 heteroatoms. The van der Waals surface area contributed by atoms with Crippen molar-refractivity contribution in [1.29, 1.82) is 0 Å². The Morgan fingerprint density at radius 1 is 1.15 bits per heavy atom. The van der Waals surface area contributed by atoms with E-state index in [1.54, 1.807) is 24.3 Å². The Morgan fingerprint density at radius 3 is 2.35 bits per heavy atom. The summed E-state index contributed by atoms with van der Waals surface area (Å²) >= 11 is 0. The van der Waals surface area contributed by atoms with E-state index in [9.17, 15) is 14.4 Å². The molecule has 3 N–H and O–H groups in total. The van der Waals surface area contributed by atoms with Crippen LogP contribution in [0.15, 0.2) is 24.3 Å². The van der Waals surface area contributed by atoms with Gasteiger partial charge in [0, 0.05) is 37.2 Å². The lowest BCUT2D eigenvalue weighted by Gasteiger charge is -2.24. The molecular formula is C14H17N3O3. The lowest BCUT2D eigenvalue weighted by Crippen LogP contribution is -2.41. The molecule has 0 saturated carbocycles. The van der Waals surface area contributed by atoms with Gasteiger partial charge in [0.2, 0.25) is 17.7 Å². The van der Waals surface area contributed by atoms with Crippen LogP contribution in [-0.2, 0) is 14.4 Å². The normalized spacial score (nSPS) is 15.3. The molecule has 0 radical (unpaired) electrons. The quantitative estimate of drug-likeness (QED) is 0.636. The summed E-state index contributed by atoms with van der Waals surface area (Å²) < 4.78 is 0. The topological polar surface area (TPSA) is 92.5 Å². The van der Waals surface area contributed by atoms with E-state index in [-0.39, 0.29) is 30.7 Å². The van der Waals surface area contributed by atoms with Gasteiger partial charge in [-0.1, -0.05) is 0 Å². The van der Waals surface area contributed by atoms with E-state index in [2.05, 4.69) is 5.32 Å². The average molecular weight is 275 g/mol. The van der Waals surface area contributed by atoms with E-state index in [0.717, 1.165) is 0 Å². The average Bonchev–Trinajstić information content (AvgIpc) is 2.41. The molecule has 0 aliphatic carbocycles. The zero-order chi connectivity index (χ0) is 14.5. The first-order chi connectivity index (χ1) is 9.56. The zero-order valence-corrected chi connectivity index (χ0v) is 11.1. The van der Waals surface area contributed by atoms with Crippen LogP contribution in [0.2, 0.25) is 0 Å². The monoisotopic (exact) mass is 275 g/mol. The number of amides is 3. The second kappa shape index (κ2) is 6.18. The number of nitrogens with zero attached hydrogens (tertiary/aromatic N) is 1. The summed E-state index contributed by atoms with van der Waals surface area (Å²) in [6, 6.07) is 6.77. The number of hydrogen-bond donors (Lipinski definition) is 2. The Kier molecular flexibility index (Phi) is 4.34. The van der Waals surface area contributed by atoms with Gasteiger partial charge in [0.25, 0.3) is 0 Å². The predicted molar refractivity (Wildman–Crippen MR) is 74.7 cm³/mol. The highest BCUT2D eigenvalue weighted by atomic mass is 16.2. The number of carbonyl (C=O) groups is 3. The fourth-order valence-electron chi connectivity index (χ4n) is 2.05. The Labute approximate surface area is 116 Å². The molecule has 1 saturated heterocycles. The molecule has 0 atom stereocenters. The smallest absolute Gasteiger partial charge is 0.229 e. The van der Waals surface area contributed by atoms with Gasteiger partial charge in [0.15, 0.2) is 0 Å². The third kappa shape index (κ3) is 3.57. The lowest BCUT2D eigenvalue weighted by atomic mass is 10.1. The predicted octanol–water partition coefficient (Wildman–Crippen LogP) is 1.14. The number of nitrogen functional groups attached to an aromatic ring is 1. The maximum atomic E-state index is 11.8. The molecule has 1 fully saturated rings. The van der Waals surface area contributed by atoms with Crippen molar-refractivity contribution in [3.63, 3.8) is 0 Å². The number of nitrogens with one attached hydrogen (secondary N) is 1. The molecule has 0 bridgehead atoms. The minimum absolute atomic E-state index is 0.0991. The van der Waals surface area contributed by atoms with Crippen LogP contribution in [0.5, 0.6) is 0 Å². The summed E-state index contributed by atoms with van der Waals surface area (Å²) in [5.74, 6) is -0.621. The van der Waals surface area contributed by atoms with Crippen molar-refractivity contribution < 1.29 is 14.4 Å². The molecule has 1 aromatic rings. The van der Waals surface area contributed by atoms with Crippen LogP contribution in [0, 0.1) is 0 Å². The summed E-state index contributed by atoms with van der Waals surface area (Å²) in [6.07, 6.45) is 1.46. The van der Waals surface area contributed by atoms with Gasteiger partial charge in [-0.3, -0.25) is 19.3 Å². The van der Waals surface area contributed by atoms with Crippen LogP contribution in [0.3, 0.4) is 0 Å². The van der Waals surface area contributed by atoms with E-state index < -0.39 is 0 Å². The standard InChI is InChI=1S/C14H17N3O3/c15-10-4-6-11(7-5-10)16-12(18)8-9-17-13(19)2-1-3-14(17)20/h4-7H,1-3,8-9,15H2,(H,16,18). The van der Waals surface area contributed by atoms with Crippen molar-refractivity contribution in [1.82, 2.24) is 4.90 Å². The molecule has 0 aromatic heterocycles. The number of carbonyl (C=O) groups excluding carboxylic acids is 3. The number of hydrogen-bond acceptors (Lipinski definition) is 4. The molecular weight excluding hydrogens is 258 g/mol. The van der Waals surface area contributed by atoms with Crippen LogP contribution in [0.25, 0.3) is 0 Å². The number of benzene rings is 1. The van der Waals surface area contributed by atoms with Crippen LogP contribution in [0.1, 0.15) is 25.7 Å². The number of piperidine rings is 1. The Morgan fingerprint density at radius 2 is 1.75 bits per heavy atom. The summed E-state index contributed by atoms with van der Waals surface area (Å²) in [5.41, 5.74) is 6.81. The van der Waals surface area contributed by atoms with E-state index in [4.69, 9.17) is 5.73 Å². The molecule has 1 aliphatic heterocycles. The van der Waals surface area contributed by atoms with Crippen molar-refractivity contribution in [2.45, 2.75) is 25.7 Å². The van der Waals surface area contributed by atoms with Crippen molar-refractivity contribution in [2.24, 2.45) is 0 Å². The van der Waals surface area contributed by atoms with Crippen LogP contribution in [-0.4, -0.2) is 29.2 Å². The van der Waals surface area contributed by atoms with Gasteiger partial charge in [-0.05, 0) is 30.7 Å². The Hall–Kier alpha value is -2.37. The van der Waals surface area contributed by atoms with Gasteiger partial charge in [-0.2, -0.15) is 0 Å². The second-order valence-electron chi connectivity index (χ2n) is 4.71. The highest BCUT2D eigenvalue weighted by molar-refractivity contribution is 5.98. The van der Waals surface area contributed by atoms with Gasteiger partial charge in [-0.15, -0.1) is 0 Å². The van der Waals surface area contributed by atoms with E-state index >= 15 is 0 Å². The van der Waals surface area contributed by atoms with Crippen molar-refractivity contribution >= 4 is 29.1 Å². The third-order valence-corrected chi connectivity index (χ3v) is 3.14. The number of imide groups is 1. The summed E-state index contributed by atoms with van der Waals surface area (Å²) in [4.78, 5) is 36.1. The molecule has 106 valence electrons. The number of rotatable bonds is 4. The summed E-state index contributed by atoms with van der Waals surface area (Å²) in [6.45, 7) is 0.137. The van der Waals surface area contributed by atoms with Crippen LogP contribution >= 0.6 is 0 Å². The minimum atomic E-state index is -0.235. The maximum absolute atomic E-state index is 11.8. The number of nitrogens with two attached hydrogens (primary N) is 1. The van der Waals surface area contributed by atoms with Gasteiger partial charge >= 0.3 is 0 Å². The molecule has 1 aromatic carbocycles. The molecule has 6 nitrogen and oxygen atoms in total. The SMILES string of the molecule is Nc1ccc(NC(=O)CCN2C(=O)CCCC2=O)cc1. The highest BCUT2D eigenvalue weighted by Gasteiger charge is 2.25. The highest BCUT2D eigenvalue weighted by Crippen LogP contribution is 2.14. The fraction of sp³-hybridized carbons (Fsp3) is 0.357. The van der Waals surface area contributed by atoms with E-state index in [0.29, 0.717) is 30.6 Å². The van der Waals surface area contributed by atoms with Crippen molar-refractivity contribution in [3.05, 3.63) is 24.3 Å². The molecule has 3 amide bonds. The minimum Gasteiger partial charge on any atom is -0.399 e. The first-order valence-corrected chi connectivity index (χ1v) is 6.55. The molecule has 2 rings (SSSR count). The maximum Gasteiger partial charge on any atom is 0.229 e. The van der Waals surface area contributed by atoms with E-state index in [1.807, 2.05) is 0 Å². The van der Waals surface area contributed by atoms with Crippen molar-refractivity contribution in [3.8, 4) is 0 Å². The van der Waals surface area contributed by atoms with Gasteiger partial charge in [0.1, 0.15) is 0 Å². The largest absolute Gasteiger partial charge is 0.399 e. The Bertz CT molecular complexity index is 509. The third-order valence-electron chi connectivity index (χ3n) is 3.14.